The molecule has 1 heterocycles. The van der Waals surface area contributed by atoms with Gasteiger partial charge < -0.3 is 10.5 Å². The van der Waals surface area contributed by atoms with Crippen molar-refractivity contribution in [3.63, 3.8) is 0 Å². The van der Waals surface area contributed by atoms with E-state index in [-0.39, 0.29) is 17.0 Å². The Morgan fingerprint density at radius 3 is 2.52 bits per heavy atom. The van der Waals surface area contributed by atoms with E-state index < -0.39 is 17.8 Å². The Bertz CT molecular complexity index is 705. The maximum absolute atomic E-state index is 12.7. The number of hydrogen-bond donors (Lipinski definition) is 1. The van der Waals surface area contributed by atoms with Crippen LogP contribution in [0.4, 0.5) is 18.9 Å². The third kappa shape index (κ3) is 3.25. The van der Waals surface area contributed by atoms with Gasteiger partial charge in [0, 0.05) is 0 Å². The van der Waals surface area contributed by atoms with Gasteiger partial charge in [-0.25, -0.2) is 4.98 Å². The maximum atomic E-state index is 12.7. The normalized spacial score (nSPS) is 11.0. The number of rotatable bonds is 2. The van der Waals surface area contributed by atoms with Crippen molar-refractivity contribution in [3.8, 4) is 17.7 Å². The molecule has 0 aliphatic rings. The highest BCUT2D eigenvalue weighted by molar-refractivity contribution is 9.10. The summed E-state index contributed by atoms with van der Waals surface area (Å²) in [4.78, 5) is 3.35. The van der Waals surface area contributed by atoms with E-state index >= 15 is 0 Å². The Balaban J connectivity index is 2.51. The lowest BCUT2D eigenvalue weighted by Gasteiger charge is -2.12. The number of aromatic nitrogens is 1. The van der Waals surface area contributed by atoms with Crippen molar-refractivity contribution in [1.82, 2.24) is 4.98 Å². The smallest absolute Gasteiger partial charge is 0.433 e. The fourth-order valence-electron chi connectivity index (χ4n) is 1.49. The molecule has 0 radical (unpaired) electrons. The second-order valence-corrected chi connectivity index (χ2v) is 4.77. The van der Waals surface area contributed by atoms with Crippen LogP contribution in [-0.4, -0.2) is 4.98 Å². The van der Waals surface area contributed by atoms with Crippen LogP contribution in [-0.2, 0) is 6.18 Å². The lowest BCUT2D eigenvalue weighted by Crippen LogP contribution is -2.09. The zero-order valence-electron chi connectivity index (χ0n) is 10.3. The van der Waals surface area contributed by atoms with Gasteiger partial charge in [0.25, 0.3) is 0 Å². The van der Waals surface area contributed by atoms with Crippen molar-refractivity contribution in [1.29, 1.82) is 5.26 Å². The molecule has 0 atom stereocenters. The summed E-state index contributed by atoms with van der Waals surface area (Å²) in [5, 5.41) is 8.93. The highest BCUT2D eigenvalue weighted by atomic mass is 79.9. The number of para-hydroxylation sites is 1. The van der Waals surface area contributed by atoms with Crippen LogP contribution in [0.2, 0.25) is 0 Å². The Labute approximate surface area is 126 Å². The number of benzene rings is 1. The van der Waals surface area contributed by atoms with E-state index in [0.29, 0.717) is 4.47 Å². The van der Waals surface area contributed by atoms with E-state index in [0.717, 1.165) is 12.1 Å². The molecule has 21 heavy (non-hydrogen) atoms. The van der Waals surface area contributed by atoms with Gasteiger partial charge in [-0.05, 0) is 40.2 Å². The van der Waals surface area contributed by atoms with Crippen LogP contribution >= 0.6 is 15.9 Å². The highest BCUT2D eigenvalue weighted by Gasteiger charge is 2.33. The minimum Gasteiger partial charge on any atom is -0.434 e. The minimum absolute atomic E-state index is 0.0980. The Morgan fingerprint density at radius 2 is 1.95 bits per heavy atom. The summed E-state index contributed by atoms with van der Waals surface area (Å²) >= 11 is 3.17. The first kappa shape index (κ1) is 15.1. The fourth-order valence-corrected chi connectivity index (χ4v) is 1.95. The number of alkyl halides is 3. The van der Waals surface area contributed by atoms with Crippen LogP contribution in [0.1, 0.15) is 11.3 Å². The molecule has 2 N–H and O–H groups in total. The molecular weight excluding hydrogens is 351 g/mol. The van der Waals surface area contributed by atoms with Gasteiger partial charge in [-0.15, -0.1) is 0 Å². The van der Waals surface area contributed by atoms with Crippen molar-refractivity contribution in [2.45, 2.75) is 6.18 Å². The maximum Gasteiger partial charge on any atom is 0.433 e. The first-order valence-corrected chi connectivity index (χ1v) is 6.32. The van der Waals surface area contributed by atoms with Crippen molar-refractivity contribution in [3.05, 3.63) is 46.1 Å². The molecule has 1 aromatic heterocycles. The number of halogens is 4. The van der Waals surface area contributed by atoms with Crippen LogP contribution in [0.25, 0.3) is 0 Å². The lowest BCUT2D eigenvalue weighted by atomic mass is 10.2. The van der Waals surface area contributed by atoms with Gasteiger partial charge in [0.2, 0.25) is 5.88 Å². The second-order valence-electron chi connectivity index (χ2n) is 3.92. The molecule has 108 valence electrons. The Hall–Kier alpha value is -2.27. The lowest BCUT2D eigenvalue weighted by molar-refractivity contribution is -0.141. The standard InChI is InChI=1S/C13H7BrF3N3O/c14-8-2-1-3-9(19)11(8)21-12-7(6-18)4-5-10(20-12)13(15,16)17/h1-5H,19H2. The third-order valence-electron chi connectivity index (χ3n) is 2.47. The van der Waals surface area contributed by atoms with Gasteiger partial charge in [-0.3, -0.25) is 0 Å². The predicted molar refractivity (Wildman–Crippen MR) is 72.6 cm³/mol. The van der Waals surface area contributed by atoms with E-state index in [4.69, 9.17) is 15.7 Å². The molecule has 0 aliphatic carbocycles. The van der Waals surface area contributed by atoms with Crippen LogP contribution in [0.3, 0.4) is 0 Å². The van der Waals surface area contributed by atoms with Gasteiger partial charge in [-0.1, -0.05) is 6.07 Å². The Kier molecular flexibility index (Phi) is 4.04. The van der Waals surface area contributed by atoms with Crippen LogP contribution in [0, 0.1) is 11.3 Å². The first-order valence-electron chi connectivity index (χ1n) is 5.53. The van der Waals surface area contributed by atoms with Crippen LogP contribution in [0.5, 0.6) is 11.6 Å². The summed E-state index contributed by atoms with van der Waals surface area (Å²) in [7, 11) is 0. The van der Waals surface area contributed by atoms with Crippen molar-refractivity contribution in [2.24, 2.45) is 0 Å². The van der Waals surface area contributed by atoms with Gasteiger partial charge in [0.15, 0.2) is 5.75 Å². The van der Waals surface area contributed by atoms with E-state index in [2.05, 4.69) is 20.9 Å². The molecule has 0 unspecified atom stereocenters. The average Bonchev–Trinajstić information content (AvgIpc) is 2.42. The van der Waals surface area contributed by atoms with Crippen LogP contribution < -0.4 is 10.5 Å². The number of nitrogen functional groups attached to an aromatic ring is 1. The molecule has 2 aromatic rings. The average molecular weight is 358 g/mol. The largest absolute Gasteiger partial charge is 0.434 e. The van der Waals surface area contributed by atoms with Crippen molar-refractivity contribution < 1.29 is 17.9 Å². The number of ether oxygens (including phenoxy) is 1. The number of nitrogens with zero attached hydrogens (tertiary/aromatic N) is 2. The molecule has 0 amide bonds. The number of anilines is 1. The summed E-state index contributed by atoms with van der Waals surface area (Å²) < 4.78 is 43.7. The minimum atomic E-state index is -4.63. The molecule has 0 spiro atoms. The summed E-state index contributed by atoms with van der Waals surface area (Å²) in [5.74, 6) is -0.355. The molecule has 0 aliphatic heterocycles. The monoisotopic (exact) mass is 357 g/mol. The molecule has 0 saturated carbocycles. The van der Waals surface area contributed by atoms with Crippen LogP contribution in [0.15, 0.2) is 34.8 Å². The van der Waals surface area contributed by atoms with Gasteiger partial charge >= 0.3 is 6.18 Å². The highest BCUT2D eigenvalue weighted by Crippen LogP contribution is 2.37. The summed E-state index contributed by atoms with van der Waals surface area (Å²) in [6.07, 6.45) is -4.63. The quantitative estimate of drug-likeness (QED) is 0.821. The fraction of sp³-hybridized carbons (Fsp3) is 0.0769. The Morgan fingerprint density at radius 1 is 1.24 bits per heavy atom. The SMILES string of the molecule is N#Cc1ccc(C(F)(F)F)nc1Oc1c(N)cccc1Br. The number of pyridine rings is 1. The molecule has 0 saturated heterocycles. The molecule has 0 bridgehead atoms. The summed E-state index contributed by atoms with van der Waals surface area (Å²) in [6, 6.07) is 8.19. The zero-order valence-corrected chi connectivity index (χ0v) is 11.9. The van der Waals surface area contributed by atoms with E-state index in [1.54, 1.807) is 18.2 Å². The zero-order chi connectivity index (χ0) is 15.6. The summed E-state index contributed by atoms with van der Waals surface area (Å²) in [6.45, 7) is 0. The number of hydrogen-bond acceptors (Lipinski definition) is 4. The predicted octanol–water partition coefficient (Wildman–Crippen LogP) is 4.11. The second kappa shape index (κ2) is 5.61. The van der Waals surface area contributed by atoms with Gasteiger partial charge in [-0.2, -0.15) is 18.4 Å². The molecule has 8 heteroatoms. The topological polar surface area (TPSA) is 71.9 Å². The summed E-state index contributed by atoms with van der Waals surface area (Å²) in [5.41, 5.74) is 4.62. The van der Waals surface area contributed by atoms with Crippen molar-refractivity contribution >= 4 is 21.6 Å². The number of nitrogens with two attached hydrogens (primary N) is 1. The number of nitriles is 1. The van der Waals surface area contributed by atoms with E-state index in [9.17, 15) is 13.2 Å². The van der Waals surface area contributed by atoms with Gasteiger partial charge in [0.1, 0.15) is 17.3 Å². The molecule has 1 aromatic carbocycles. The molecular formula is C13H7BrF3N3O. The third-order valence-corrected chi connectivity index (χ3v) is 3.09. The molecule has 0 fully saturated rings. The first-order chi connectivity index (χ1) is 9.82. The van der Waals surface area contributed by atoms with Gasteiger partial charge in [0.05, 0.1) is 10.2 Å². The van der Waals surface area contributed by atoms with Crippen molar-refractivity contribution in [2.75, 3.05) is 5.73 Å². The van der Waals surface area contributed by atoms with E-state index in [1.807, 2.05) is 0 Å². The van der Waals surface area contributed by atoms with E-state index in [1.165, 1.54) is 6.07 Å². The molecule has 4 nitrogen and oxygen atoms in total. The molecule has 2 rings (SSSR count).